The number of carbonyl (C=O) groups excluding carboxylic acids is 1. The van der Waals surface area contributed by atoms with Gasteiger partial charge in [-0.1, -0.05) is 19.1 Å². The number of carbonyl (C=O) groups is 1. The summed E-state index contributed by atoms with van der Waals surface area (Å²) >= 11 is 0. The van der Waals surface area contributed by atoms with Crippen molar-refractivity contribution in [2.75, 3.05) is 26.7 Å². The number of rotatable bonds is 3. The lowest BCUT2D eigenvalue weighted by atomic mass is 9.68. The Morgan fingerprint density at radius 2 is 2.10 bits per heavy atom. The number of hydrogen-bond acceptors (Lipinski definition) is 4. The quantitative estimate of drug-likeness (QED) is 0.870. The molecule has 0 amide bonds. The van der Waals surface area contributed by atoms with E-state index >= 15 is 0 Å². The fourth-order valence-corrected chi connectivity index (χ4v) is 3.46. The maximum Gasteiger partial charge on any atom is 0.316 e. The Hall–Kier alpha value is -1.55. The third-order valence-corrected chi connectivity index (χ3v) is 4.56. The predicted octanol–water partition coefficient (Wildman–Crippen LogP) is 2.55. The summed E-state index contributed by atoms with van der Waals surface area (Å²) in [6, 6.07) is 7.01. The number of ether oxygens (including phenoxy) is 1. The number of nitrogens with zero attached hydrogens (tertiary/aromatic N) is 1. The first kappa shape index (κ1) is 15.8. The number of benzene rings is 1. The van der Waals surface area contributed by atoms with E-state index in [4.69, 9.17) is 4.74 Å². The smallest absolute Gasteiger partial charge is 0.316 e. The maximum atomic E-state index is 12.8. The molecular weight excluding hydrogens is 266 g/mol. The summed E-state index contributed by atoms with van der Waals surface area (Å²) in [6.07, 6.45) is 1.74. The molecule has 1 aliphatic rings. The molecule has 0 bridgehead atoms. The molecule has 0 saturated carbocycles. The van der Waals surface area contributed by atoms with Gasteiger partial charge in [-0.25, -0.2) is 0 Å². The summed E-state index contributed by atoms with van der Waals surface area (Å²) in [5.74, 6) is 0.239. The van der Waals surface area contributed by atoms with Crippen LogP contribution in [0.2, 0.25) is 0 Å². The molecule has 4 nitrogen and oxygen atoms in total. The monoisotopic (exact) mass is 291 g/mol. The Morgan fingerprint density at radius 1 is 1.43 bits per heavy atom. The van der Waals surface area contributed by atoms with Gasteiger partial charge in [0.25, 0.3) is 0 Å². The Kier molecular flexibility index (Phi) is 4.88. The van der Waals surface area contributed by atoms with Crippen LogP contribution in [-0.4, -0.2) is 42.7 Å². The first-order valence-corrected chi connectivity index (χ1v) is 7.66. The summed E-state index contributed by atoms with van der Waals surface area (Å²) < 4.78 is 5.41. The van der Waals surface area contributed by atoms with Gasteiger partial charge in [-0.3, -0.25) is 4.79 Å². The lowest BCUT2D eigenvalue weighted by Crippen LogP contribution is -2.45. The lowest BCUT2D eigenvalue weighted by Gasteiger charge is -2.36. The number of likely N-dealkylation sites (tertiary alicyclic amines) is 1. The van der Waals surface area contributed by atoms with Gasteiger partial charge in [0.2, 0.25) is 0 Å². The van der Waals surface area contributed by atoms with Crippen LogP contribution in [0.25, 0.3) is 0 Å². The van der Waals surface area contributed by atoms with Crippen LogP contribution >= 0.6 is 0 Å². The average Bonchev–Trinajstić information content (AvgIpc) is 2.59. The summed E-state index contributed by atoms with van der Waals surface area (Å²) in [5.41, 5.74) is 0.329. The van der Waals surface area contributed by atoms with Crippen LogP contribution < -0.4 is 0 Å². The van der Waals surface area contributed by atoms with E-state index < -0.39 is 5.41 Å². The fraction of sp³-hybridized carbons (Fsp3) is 0.588. The molecule has 2 atom stereocenters. The molecule has 1 aromatic carbocycles. The largest absolute Gasteiger partial charge is 0.508 e. The van der Waals surface area contributed by atoms with Crippen LogP contribution in [0.15, 0.2) is 24.3 Å². The van der Waals surface area contributed by atoms with Gasteiger partial charge in [0.1, 0.15) is 5.75 Å². The summed E-state index contributed by atoms with van der Waals surface area (Å²) in [4.78, 5) is 15.0. The molecule has 1 saturated heterocycles. The fourth-order valence-electron chi connectivity index (χ4n) is 3.46. The van der Waals surface area contributed by atoms with Gasteiger partial charge in [0.05, 0.1) is 12.0 Å². The highest BCUT2D eigenvalue weighted by Gasteiger charge is 2.47. The summed E-state index contributed by atoms with van der Waals surface area (Å²) in [6.45, 7) is 6.20. The van der Waals surface area contributed by atoms with Crippen LogP contribution in [0.1, 0.15) is 32.3 Å². The Bertz CT molecular complexity index is 485. The number of phenols is 1. The molecule has 1 heterocycles. The van der Waals surface area contributed by atoms with Gasteiger partial charge < -0.3 is 14.7 Å². The molecule has 1 N–H and O–H groups in total. The topological polar surface area (TPSA) is 49.8 Å². The second kappa shape index (κ2) is 6.48. The zero-order valence-corrected chi connectivity index (χ0v) is 13.1. The lowest BCUT2D eigenvalue weighted by molar-refractivity contribution is -0.152. The zero-order valence-electron chi connectivity index (χ0n) is 13.1. The molecule has 0 aliphatic carbocycles. The van der Waals surface area contributed by atoms with Crippen molar-refractivity contribution in [3.63, 3.8) is 0 Å². The molecule has 0 aromatic heterocycles. The average molecular weight is 291 g/mol. The predicted molar refractivity (Wildman–Crippen MR) is 82.3 cm³/mol. The highest BCUT2D eigenvalue weighted by atomic mass is 16.5. The molecule has 116 valence electrons. The third kappa shape index (κ3) is 3.05. The number of esters is 1. The third-order valence-electron chi connectivity index (χ3n) is 4.56. The van der Waals surface area contributed by atoms with Gasteiger partial charge in [0.15, 0.2) is 0 Å². The maximum absolute atomic E-state index is 12.8. The Morgan fingerprint density at radius 3 is 2.71 bits per heavy atom. The Balaban J connectivity index is 2.47. The van der Waals surface area contributed by atoms with Crippen molar-refractivity contribution in [3.05, 3.63) is 29.8 Å². The number of hydrogen-bond donors (Lipinski definition) is 1. The molecular formula is C17H25NO3. The summed E-state index contributed by atoms with van der Waals surface area (Å²) in [5, 5.41) is 9.52. The molecule has 2 unspecified atom stereocenters. The van der Waals surface area contributed by atoms with Gasteiger partial charge in [-0.15, -0.1) is 0 Å². The van der Waals surface area contributed by atoms with Crippen molar-refractivity contribution < 1.29 is 14.6 Å². The van der Waals surface area contributed by atoms with Crippen molar-refractivity contribution in [1.29, 1.82) is 0 Å². The molecule has 0 spiro atoms. The van der Waals surface area contributed by atoms with Crippen molar-refractivity contribution in [3.8, 4) is 5.75 Å². The van der Waals surface area contributed by atoms with E-state index in [1.54, 1.807) is 12.1 Å². The zero-order chi connectivity index (χ0) is 15.5. The van der Waals surface area contributed by atoms with Crippen LogP contribution in [0.3, 0.4) is 0 Å². The van der Waals surface area contributed by atoms with E-state index in [0.29, 0.717) is 6.61 Å². The van der Waals surface area contributed by atoms with Crippen molar-refractivity contribution in [1.82, 2.24) is 4.90 Å². The minimum absolute atomic E-state index is 0.140. The van der Waals surface area contributed by atoms with Crippen LogP contribution in [0.4, 0.5) is 0 Å². The van der Waals surface area contributed by atoms with E-state index in [1.807, 2.05) is 19.1 Å². The first-order chi connectivity index (χ1) is 10.0. The molecule has 2 rings (SSSR count). The van der Waals surface area contributed by atoms with Gasteiger partial charge in [-0.05, 0) is 57.0 Å². The first-order valence-electron chi connectivity index (χ1n) is 7.66. The van der Waals surface area contributed by atoms with Crippen molar-refractivity contribution >= 4 is 5.97 Å². The highest BCUT2D eigenvalue weighted by molar-refractivity contribution is 5.84. The van der Waals surface area contributed by atoms with E-state index in [0.717, 1.165) is 31.5 Å². The van der Waals surface area contributed by atoms with Gasteiger partial charge >= 0.3 is 5.97 Å². The standard InChI is InChI=1S/C17H25NO3/c1-4-21-16(20)17(14-6-8-15(19)9-7-14)10-5-11-18(3)12-13(17)2/h6-9,13,19H,4-5,10-12H2,1-3H3. The molecule has 1 fully saturated rings. The minimum atomic E-state index is -0.617. The van der Waals surface area contributed by atoms with E-state index in [-0.39, 0.29) is 17.6 Å². The molecule has 21 heavy (non-hydrogen) atoms. The highest BCUT2D eigenvalue weighted by Crippen LogP contribution is 2.41. The summed E-state index contributed by atoms with van der Waals surface area (Å²) in [7, 11) is 2.09. The van der Waals surface area contributed by atoms with Crippen molar-refractivity contribution in [2.24, 2.45) is 5.92 Å². The van der Waals surface area contributed by atoms with Gasteiger partial charge in [0, 0.05) is 6.54 Å². The Labute approximate surface area is 126 Å². The SMILES string of the molecule is CCOC(=O)C1(c2ccc(O)cc2)CCCN(C)CC1C. The number of phenolic OH excluding ortho intramolecular Hbond substituents is 1. The molecule has 1 aromatic rings. The molecule has 4 heteroatoms. The second-order valence-corrected chi connectivity index (χ2v) is 6.01. The van der Waals surface area contributed by atoms with Crippen LogP contribution in [0.5, 0.6) is 5.75 Å². The second-order valence-electron chi connectivity index (χ2n) is 6.01. The minimum Gasteiger partial charge on any atom is -0.508 e. The van der Waals surface area contributed by atoms with Crippen LogP contribution in [-0.2, 0) is 14.9 Å². The molecule has 1 aliphatic heterocycles. The van der Waals surface area contributed by atoms with Crippen LogP contribution in [0, 0.1) is 5.92 Å². The van der Waals surface area contributed by atoms with E-state index in [2.05, 4.69) is 18.9 Å². The number of aromatic hydroxyl groups is 1. The normalized spacial score (nSPS) is 27.1. The van der Waals surface area contributed by atoms with E-state index in [1.165, 1.54) is 0 Å². The molecule has 0 radical (unpaired) electrons. The van der Waals surface area contributed by atoms with E-state index in [9.17, 15) is 9.90 Å². The van der Waals surface area contributed by atoms with Crippen molar-refractivity contribution in [2.45, 2.75) is 32.1 Å². The van der Waals surface area contributed by atoms with Gasteiger partial charge in [-0.2, -0.15) is 0 Å².